The Labute approximate surface area is 92.8 Å². The fraction of sp³-hybridized carbons (Fsp3) is 0.100. The number of sulfonamides is 1. The Kier molecular flexibility index (Phi) is 2.43. The van der Waals surface area contributed by atoms with E-state index in [2.05, 4.69) is 9.71 Å². The van der Waals surface area contributed by atoms with Crippen LogP contribution < -0.4 is 4.72 Å². The highest BCUT2D eigenvalue weighted by Crippen LogP contribution is 2.23. The number of aromatic nitrogens is 1. The summed E-state index contributed by atoms with van der Waals surface area (Å²) in [7, 11) is -3.35. The SMILES string of the molecule is CS(=O)(=O)Nc1ccc2cccc(O)c2n1. The van der Waals surface area contributed by atoms with Crippen LogP contribution in [0.4, 0.5) is 5.82 Å². The molecule has 2 N–H and O–H groups in total. The van der Waals surface area contributed by atoms with Crippen molar-refractivity contribution in [2.75, 3.05) is 11.0 Å². The van der Waals surface area contributed by atoms with Crippen molar-refractivity contribution >= 4 is 26.7 Å². The van der Waals surface area contributed by atoms with Crippen molar-refractivity contribution in [2.24, 2.45) is 0 Å². The molecule has 0 unspecified atom stereocenters. The van der Waals surface area contributed by atoms with Crippen molar-refractivity contribution in [1.82, 2.24) is 4.98 Å². The molecule has 5 nitrogen and oxygen atoms in total. The Hall–Kier alpha value is -1.82. The number of rotatable bonds is 2. The highest BCUT2D eigenvalue weighted by Gasteiger charge is 2.06. The van der Waals surface area contributed by atoms with Crippen LogP contribution in [0.3, 0.4) is 0 Å². The molecule has 0 fully saturated rings. The number of fused-ring (bicyclic) bond motifs is 1. The third-order valence-electron chi connectivity index (χ3n) is 1.99. The van der Waals surface area contributed by atoms with E-state index in [1.54, 1.807) is 24.3 Å². The van der Waals surface area contributed by atoms with Crippen LogP contribution in [0.2, 0.25) is 0 Å². The van der Waals surface area contributed by atoms with Crippen LogP contribution in [0.25, 0.3) is 10.9 Å². The average Bonchev–Trinajstić information content (AvgIpc) is 2.17. The zero-order valence-corrected chi connectivity index (χ0v) is 9.32. The summed E-state index contributed by atoms with van der Waals surface area (Å²) in [4.78, 5) is 4.02. The molecular formula is C10H10N2O3S. The Morgan fingerprint density at radius 2 is 2.00 bits per heavy atom. The molecule has 0 bridgehead atoms. The maximum Gasteiger partial charge on any atom is 0.230 e. The molecule has 0 saturated heterocycles. The maximum absolute atomic E-state index is 11.0. The van der Waals surface area contributed by atoms with Gasteiger partial charge in [-0.05, 0) is 18.2 Å². The zero-order valence-electron chi connectivity index (χ0n) is 8.51. The van der Waals surface area contributed by atoms with Gasteiger partial charge in [0.05, 0.1) is 6.26 Å². The fourth-order valence-corrected chi connectivity index (χ4v) is 1.87. The molecule has 1 heterocycles. The highest BCUT2D eigenvalue weighted by atomic mass is 32.2. The number of phenols is 1. The van der Waals surface area contributed by atoms with E-state index in [-0.39, 0.29) is 11.6 Å². The molecule has 0 amide bonds. The molecule has 6 heteroatoms. The van der Waals surface area contributed by atoms with Crippen molar-refractivity contribution < 1.29 is 13.5 Å². The first-order valence-corrected chi connectivity index (χ1v) is 6.41. The van der Waals surface area contributed by atoms with Gasteiger partial charge in [0.25, 0.3) is 0 Å². The minimum atomic E-state index is -3.35. The van der Waals surface area contributed by atoms with Gasteiger partial charge in [-0.2, -0.15) is 0 Å². The van der Waals surface area contributed by atoms with Gasteiger partial charge in [0.15, 0.2) is 0 Å². The van der Waals surface area contributed by atoms with E-state index in [0.717, 1.165) is 11.6 Å². The number of hydrogen-bond donors (Lipinski definition) is 2. The molecule has 0 aliphatic rings. The second kappa shape index (κ2) is 3.64. The lowest BCUT2D eigenvalue weighted by Gasteiger charge is -2.05. The average molecular weight is 238 g/mol. The van der Waals surface area contributed by atoms with Gasteiger partial charge in [-0.1, -0.05) is 12.1 Å². The van der Waals surface area contributed by atoms with E-state index in [4.69, 9.17) is 0 Å². The van der Waals surface area contributed by atoms with E-state index in [1.165, 1.54) is 6.07 Å². The lowest BCUT2D eigenvalue weighted by atomic mass is 10.2. The summed E-state index contributed by atoms with van der Waals surface area (Å²) in [6, 6.07) is 8.22. The molecule has 84 valence electrons. The summed E-state index contributed by atoms with van der Waals surface area (Å²) in [5, 5.41) is 10.3. The third kappa shape index (κ3) is 2.22. The van der Waals surface area contributed by atoms with Crippen LogP contribution in [0, 0.1) is 0 Å². The quantitative estimate of drug-likeness (QED) is 0.826. The van der Waals surface area contributed by atoms with E-state index in [1.807, 2.05) is 0 Å². The first-order valence-electron chi connectivity index (χ1n) is 4.52. The van der Waals surface area contributed by atoms with Gasteiger partial charge >= 0.3 is 0 Å². The number of phenolic OH excluding ortho intramolecular Hbond substituents is 1. The van der Waals surface area contributed by atoms with Crippen molar-refractivity contribution in [2.45, 2.75) is 0 Å². The minimum absolute atomic E-state index is 0.0228. The van der Waals surface area contributed by atoms with E-state index >= 15 is 0 Å². The van der Waals surface area contributed by atoms with E-state index in [0.29, 0.717) is 5.52 Å². The third-order valence-corrected chi connectivity index (χ3v) is 2.57. The maximum atomic E-state index is 11.0. The summed E-state index contributed by atoms with van der Waals surface area (Å²) in [5.74, 6) is 0.214. The summed E-state index contributed by atoms with van der Waals surface area (Å²) in [6.07, 6.45) is 1.05. The highest BCUT2D eigenvalue weighted by molar-refractivity contribution is 7.92. The monoisotopic (exact) mass is 238 g/mol. The fourth-order valence-electron chi connectivity index (χ4n) is 1.38. The standard InChI is InChI=1S/C10H10N2O3S/c1-16(14,15)12-9-6-5-7-3-2-4-8(13)10(7)11-9/h2-6,13H,1H3,(H,11,12). The Balaban J connectivity index is 2.55. The number of anilines is 1. The van der Waals surface area contributed by atoms with Crippen molar-refractivity contribution in [1.29, 1.82) is 0 Å². The predicted molar refractivity (Wildman–Crippen MR) is 61.9 cm³/mol. The number of hydrogen-bond acceptors (Lipinski definition) is 4. The summed E-state index contributed by atoms with van der Waals surface area (Å²) < 4.78 is 24.3. The lowest BCUT2D eigenvalue weighted by molar-refractivity contribution is 0.480. The molecule has 2 aromatic rings. The molecule has 2 rings (SSSR count). The summed E-state index contributed by atoms with van der Waals surface area (Å²) in [6.45, 7) is 0. The minimum Gasteiger partial charge on any atom is -0.506 e. The van der Waals surface area contributed by atoms with Gasteiger partial charge in [-0.25, -0.2) is 13.4 Å². The van der Waals surface area contributed by atoms with Crippen LogP contribution in [0.1, 0.15) is 0 Å². The van der Waals surface area contributed by atoms with Gasteiger partial charge in [0.1, 0.15) is 17.1 Å². The van der Waals surface area contributed by atoms with Gasteiger partial charge in [-0.3, -0.25) is 4.72 Å². The molecule has 0 aliphatic carbocycles. The van der Waals surface area contributed by atoms with Gasteiger partial charge < -0.3 is 5.11 Å². The smallest absolute Gasteiger partial charge is 0.230 e. The normalized spacial score (nSPS) is 11.6. The summed E-state index contributed by atoms with van der Waals surface area (Å²) >= 11 is 0. The zero-order chi connectivity index (χ0) is 11.8. The molecule has 1 aromatic heterocycles. The number of benzene rings is 1. The number of pyridine rings is 1. The molecule has 0 atom stereocenters. The molecule has 0 spiro atoms. The van der Waals surface area contributed by atoms with Gasteiger partial charge in [0.2, 0.25) is 10.0 Å². The molecule has 16 heavy (non-hydrogen) atoms. The van der Waals surface area contributed by atoms with E-state index in [9.17, 15) is 13.5 Å². The summed E-state index contributed by atoms with van der Waals surface area (Å²) in [5.41, 5.74) is 0.371. The lowest BCUT2D eigenvalue weighted by Crippen LogP contribution is -2.10. The molecule has 0 saturated carbocycles. The number of nitrogens with one attached hydrogen (secondary N) is 1. The van der Waals surface area contributed by atoms with E-state index < -0.39 is 10.0 Å². The van der Waals surface area contributed by atoms with Crippen molar-refractivity contribution in [3.05, 3.63) is 30.3 Å². The molecule has 0 radical (unpaired) electrons. The number of para-hydroxylation sites is 1. The Bertz CT molecular complexity index is 638. The topological polar surface area (TPSA) is 79.3 Å². The molecule has 1 aromatic carbocycles. The van der Waals surface area contributed by atoms with Crippen LogP contribution in [0.15, 0.2) is 30.3 Å². The first kappa shape index (κ1) is 10.7. The Morgan fingerprint density at radius 1 is 1.25 bits per heavy atom. The Morgan fingerprint density at radius 3 is 2.69 bits per heavy atom. The van der Waals surface area contributed by atoms with Crippen LogP contribution in [-0.2, 0) is 10.0 Å². The number of aromatic hydroxyl groups is 1. The van der Waals surface area contributed by atoms with Gasteiger partial charge in [-0.15, -0.1) is 0 Å². The van der Waals surface area contributed by atoms with Crippen LogP contribution >= 0.6 is 0 Å². The first-order chi connectivity index (χ1) is 7.46. The van der Waals surface area contributed by atoms with Gasteiger partial charge in [0, 0.05) is 5.39 Å². The number of nitrogens with zero attached hydrogens (tertiary/aromatic N) is 1. The van der Waals surface area contributed by atoms with Crippen LogP contribution in [-0.4, -0.2) is 24.8 Å². The largest absolute Gasteiger partial charge is 0.506 e. The van der Waals surface area contributed by atoms with Crippen molar-refractivity contribution in [3.8, 4) is 5.75 Å². The second-order valence-corrected chi connectivity index (χ2v) is 5.17. The molecule has 0 aliphatic heterocycles. The van der Waals surface area contributed by atoms with Crippen molar-refractivity contribution in [3.63, 3.8) is 0 Å². The predicted octanol–water partition coefficient (Wildman–Crippen LogP) is 1.31. The second-order valence-electron chi connectivity index (χ2n) is 3.42. The molecular weight excluding hydrogens is 228 g/mol. The van der Waals surface area contributed by atoms with Crippen LogP contribution in [0.5, 0.6) is 5.75 Å².